The smallest absolute Gasteiger partial charge is 0.279 e. The van der Waals surface area contributed by atoms with Gasteiger partial charge in [-0.25, -0.2) is 0 Å². The zero-order valence-corrected chi connectivity index (χ0v) is 12.8. The molecule has 22 heavy (non-hydrogen) atoms. The molecule has 0 aliphatic heterocycles. The lowest BCUT2D eigenvalue weighted by atomic mass is 10.1. The molecular formula is C14H13N5O2S. The van der Waals surface area contributed by atoms with Gasteiger partial charge in [-0.2, -0.15) is 9.61 Å². The summed E-state index contributed by atoms with van der Waals surface area (Å²) in [5, 5.41) is 12.6. The standard InChI is InChI=1S/C14H13N5O2S/c1-8-3-5-10(6-4-8)11-12(21)15-13-16-17-14(19(13)18-11)22-7-9(2)20/h3-6H,7H2,1-2H3,(H,15,16,21). The van der Waals surface area contributed by atoms with Crippen molar-refractivity contribution in [2.24, 2.45) is 0 Å². The van der Waals surface area contributed by atoms with Crippen LogP contribution in [0.25, 0.3) is 17.0 Å². The van der Waals surface area contributed by atoms with Crippen LogP contribution in [0.4, 0.5) is 0 Å². The molecule has 1 aromatic carbocycles. The van der Waals surface area contributed by atoms with E-state index < -0.39 is 0 Å². The first-order chi connectivity index (χ1) is 10.5. The summed E-state index contributed by atoms with van der Waals surface area (Å²) in [5.74, 6) is 0.568. The number of thioether (sulfide) groups is 1. The number of benzene rings is 1. The monoisotopic (exact) mass is 315 g/mol. The third kappa shape index (κ3) is 2.77. The second-order valence-corrected chi connectivity index (χ2v) is 5.82. The van der Waals surface area contributed by atoms with Crippen LogP contribution in [0.5, 0.6) is 0 Å². The quantitative estimate of drug-likeness (QED) is 0.733. The molecule has 7 nitrogen and oxygen atoms in total. The first-order valence-corrected chi connectivity index (χ1v) is 7.58. The second kappa shape index (κ2) is 5.72. The minimum absolute atomic E-state index is 0.0323. The highest BCUT2D eigenvalue weighted by molar-refractivity contribution is 7.99. The number of hydrogen-bond donors (Lipinski definition) is 1. The summed E-state index contributed by atoms with van der Waals surface area (Å²) in [6.07, 6.45) is 0. The second-order valence-electron chi connectivity index (χ2n) is 4.88. The number of aryl methyl sites for hydroxylation is 1. The molecule has 2 heterocycles. The van der Waals surface area contributed by atoms with Crippen LogP contribution in [-0.4, -0.2) is 36.3 Å². The maximum atomic E-state index is 12.1. The van der Waals surface area contributed by atoms with Crippen LogP contribution in [0.15, 0.2) is 34.2 Å². The molecule has 0 unspecified atom stereocenters. The van der Waals surface area contributed by atoms with E-state index in [9.17, 15) is 9.59 Å². The van der Waals surface area contributed by atoms with Gasteiger partial charge in [0.25, 0.3) is 11.3 Å². The number of carbonyl (C=O) groups excluding carboxylic acids is 1. The molecular weight excluding hydrogens is 302 g/mol. The molecule has 0 atom stereocenters. The van der Waals surface area contributed by atoms with Gasteiger partial charge in [0.2, 0.25) is 5.16 Å². The molecule has 0 saturated heterocycles. The number of nitrogens with zero attached hydrogens (tertiary/aromatic N) is 4. The zero-order valence-electron chi connectivity index (χ0n) is 12.0. The molecule has 3 rings (SSSR count). The Kier molecular flexibility index (Phi) is 3.76. The molecule has 0 bridgehead atoms. The zero-order chi connectivity index (χ0) is 15.7. The predicted octanol–water partition coefficient (Wildman–Crippen LogP) is 1.47. The van der Waals surface area contributed by atoms with Gasteiger partial charge >= 0.3 is 0 Å². The van der Waals surface area contributed by atoms with E-state index in [-0.39, 0.29) is 28.6 Å². The molecule has 0 spiro atoms. The summed E-state index contributed by atoms with van der Waals surface area (Å²) in [6.45, 7) is 3.48. The number of Topliss-reactive ketones (excluding diaryl/α,β-unsaturated/α-hetero) is 1. The summed E-state index contributed by atoms with van der Waals surface area (Å²) in [6, 6.07) is 7.51. The van der Waals surface area contributed by atoms with Crippen LogP contribution in [0.2, 0.25) is 0 Å². The normalized spacial score (nSPS) is 11.0. The minimum atomic E-state index is -0.327. The molecule has 0 aliphatic rings. The predicted molar refractivity (Wildman–Crippen MR) is 83.0 cm³/mol. The Morgan fingerprint density at radius 2 is 2.00 bits per heavy atom. The van der Waals surface area contributed by atoms with Crippen molar-refractivity contribution in [3.05, 3.63) is 40.2 Å². The van der Waals surface area contributed by atoms with E-state index in [4.69, 9.17) is 0 Å². The van der Waals surface area contributed by atoms with Gasteiger partial charge in [-0.15, -0.1) is 10.2 Å². The van der Waals surface area contributed by atoms with Crippen molar-refractivity contribution in [2.45, 2.75) is 19.0 Å². The maximum absolute atomic E-state index is 12.1. The van der Waals surface area contributed by atoms with Crippen LogP contribution >= 0.6 is 11.8 Å². The van der Waals surface area contributed by atoms with Gasteiger partial charge in [-0.3, -0.25) is 14.6 Å². The molecule has 8 heteroatoms. The number of aromatic amines is 1. The van der Waals surface area contributed by atoms with Gasteiger partial charge < -0.3 is 0 Å². The first-order valence-electron chi connectivity index (χ1n) is 6.59. The number of fused-ring (bicyclic) bond motifs is 1. The number of ketones is 1. The first kappa shape index (κ1) is 14.5. The fraction of sp³-hybridized carbons (Fsp3) is 0.214. The molecule has 112 valence electrons. The SMILES string of the molecule is CC(=O)CSc1nnc2[nH]c(=O)c(-c3ccc(C)cc3)nn12. The highest BCUT2D eigenvalue weighted by Crippen LogP contribution is 2.17. The number of aromatic nitrogens is 5. The summed E-state index contributed by atoms with van der Waals surface area (Å²) in [5.41, 5.74) is 1.78. The number of H-pyrrole nitrogens is 1. The third-order valence-corrected chi connectivity index (χ3v) is 4.05. The van der Waals surface area contributed by atoms with Crippen molar-refractivity contribution in [3.8, 4) is 11.3 Å². The van der Waals surface area contributed by atoms with Gasteiger partial charge in [0.15, 0.2) is 5.69 Å². The van der Waals surface area contributed by atoms with Gasteiger partial charge in [0, 0.05) is 5.56 Å². The third-order valence-electron chi connectivity index (χ3n) is 2.98. The Morgan fingerprint density at radius 3 is 2.68 bits per heavy atom. The topological polar surface area (TPSA) is 93.0 Å². The van der Waals surface area contributed by atoms with Crippen LogP contribution in [0, 0.1) is 6.92 Å². The Balaban J connectivity index is 2.09. The Labute approximate surface area is 129 Å². The Morgan fingerprint density at radius 1 is 1.27 bits per heavy atom. The molecule has 2 aromatic heterocycles. The highest BCUT2D eigenvalue weighted by atomic mass is 32.2. The molecule has 0 radical (unpaired) electrons. The molecule has 3 aromatic rings. The minimum Gasteiger partial charge on any atom is -0.299 e. The number of nitrogens with one attached hydrogen (secondary N) is 1. The fourth-order valence-corrected chi connectivity index (χ4v) is 2.58. The van der Waals surface area contributed by atoms with Crippen molar-refractivity contribution in [2.75, 3.05) is 5.75 Å². The number of rotatable bonds is 4. The van der Waals surface area contributed by atoms with E-state index in [0.717, 1.165) is 5.56 Å². The number of hydrogen-bond acceptors (Lipinski definition) is 6. The maximum Gasteiger partial charge on any atom is 0.279 e. The highest BCUT2D eigenvalue weighted by Gasteiger charge is 2.13. The van der Waals surface area contributed by atoms with Crippen molar-refractivity contribution in [3.63, 3.8) is 0 Å². The van der Waals surface area contributed by atoms with E-state index in [2.05, 4.69) is 20.3 Å². The van der Waals surface area contributed by atoms with E-state index >= 15 is 0 Å². The molecule has 0 amide bonds. The van der Waals surface area contributed by atoms with Crippen LogP contribution in [-0.2, 0) is 4.79 Å². The van der Waals surface area contributed by atoms with Crippen LogP contribution < -0.4 is 5.56 Å². The van der Waals surface area contributed by atoms with E-state index in [1.54, 1.807) is 0 Å². The summed E-state index contributed by atoms with van der Waals surface area (Å²) in [4.78, 5) is 25.9. The van der Waals surface area contributed by atoms with E-state index in [0.29, 0.717) is 10.7 Å². The van der Waals surface area contributed by atoms with Crippen LogP contribution in [0.1, 0.15) is 12.5 Å². The molecule has 0 fully saturated rings. The average molecular weight is 315 g/mol. The Hall–Kier alpha value is -2.48. The molecule has 0 aliphatic carbocycles. The summed E-state index contributed by atoms with van der Waals surface area (Å²) >= 11 is 1.23. The lowest BCUT2D eigenvalue weighted by Crippen LogP contribution is -2.15. The largest absolute Gasteiger partial charge is 0.299 e. The summed E-state index contributed by atoms with van der Waals surface area (Å²) in [7, 11) is 0. The average Bonchev–Trinajstić information content (AvgIpc) is 2.87. The van der Waals surface area contributed by atoms with Crippen molar-refractivity contribution in [1.29, 1.82) is 0 Å². The molecule has 0 saturated carbocycles. The summed E-state index contributed by atoms with van der Waals surface area (Å²) < 4.78 is 1.45. The van der Waals surface area contributed by atoms with Crippen LogP contribution in [0.3, 0.4) is 0 Å². The van der Waals surface area contributed by atoms with Gasteiger partial charge in [0.05, 0.1) is 5.75 Å². The Bertz CT molecular complexity index is 898. The van der Waals surface area contributed by atoms with E-state index in [1.165, 1.54) is 23.2 Å². The fourth-order valence-electron chi connectivity index (χ4n) is 1.90. The van der Waals surface area contributed by atoms with E-state index in [1.807, 2.05) is 31.2 Å². The van der Waals surface area contributed by atoms with Crippen molar-refractivity contribution in [1.82, 2.24) is 24.8 Å². The number of carbonyl (C=O) groups is 1. The lowest BCUT2D eigenvalue weighted by Gasteiger charge is -2.02. The molecule has 1 N–H and O–H groups in total. The van der Waals surface area contributed by atoms with Gasteiger partial charge in [-0.05, 0) is 13.8 Å². The van der Waals surface area contributed by atoms with Crippen molar-refractivity contribution < 1.29 is 4.79 Å². The lowest BCUT2D eigenvalue weighted by molar-refractivity contribution is -0.114. The van der Waals surface area contributed by atoms with Gasteiger partial charge in [0.1, 0.15) is 5.78 Å². The van der Waals surface area contributed by atoms with Gasteiger partial charge in [-0.1, -0.05) is 41.6 Å². The van der Waals surface area contributed by atoms with Crippen molar-refractivity contribution >= 4 is 23.3 Å².